The number of hydrogen-bond donors (Lipinski definition) is 1. The SMILES string of the molecule is CCOc1cc(C(=O)NC(C)(C)CC)ccc1OCCOc1ccccc1. The van der Waals surface area contributed by atoms with Gasteiger partial charge in [0.2, 0.25) is 0 Å². The lowest BCUT2D eigenvalue weighted by Gasteiger charge is -2.24. The lowest BCUT2D eigenvalue weighted by molar-refractivity contribution is 0.0910. The van der Waals surface area contributed by atoms with Crippen molar-refractivity contribution >= 4 is 5.91 Å². The van der Waals surface area contributed by atoms with E-state index in [1.165, 1.54) is 0 Å². The number of para-hydroxylation sites is 1. The highest BCUT2D eigenvalue weighted by Gasteiger charge is 2.20. The van der Waals surface area contributed by atoms with Crippen LogP contribution < -0.4 is 19.5 Å². The number of amides is 1. The number of benzene rings is 2. The smallest absolute Gasteiger partial charge is 0.251 e. The van der Waals surface area contributed by atoms with Gasteiger partial charge in [0.25, 0.3) is 5.91 Å². The van der Waals surface area contributed by atoms with Crippen molar-refractivity contribution in [3.8, 4) is 17.2 Å². The quantitative estimate of drug-likeness (QED) is 0.627. The lowest BCUT2D eigenvalue weighted by atomic mass is 10.0. The van der Waals surface area contributed by atoms with Crippen molar-refractivity contribution in [2.75, 3.05) is 19.8 Å². The first-order valence-electron chi connectivity index (χ1n) is 9.35. The minimum absolute atomic E-state index is 0.123. The van der Waals surface area contributed by atoms with Crippen LogP contribution in [0, 0.1) is 0 Å². The van der Waals surface area contributed by atoms with Crippen LogP contribution >= 0.6 is 0 Å². The molecule has 0 aliphatic heterocycles. The summed E-state index contributed by atoms with van der Waals surface area (Å²) in [5.41, 5.74) is 0.292. The van der Waals surface area contributed by atoms with E-state index in [2.05, 4.69) is 5.32 Å². The van der Waals surface area contributed by atoms with Gasteiger partial charge < -0.3 is 19.5 Å². The fourth-order valence-electron chi connectivity index (χ4n) is 2.33. The Balaban J connectivity index is 1.98. The average molecular weight is 371 g/mol. The molecule has 5 nitrogen and oxygen atoms in total. The van der Waals surface area contributed by atoms with E-state index < -0.39 is 0 Å². The number of ether oxygens (including phenoxy) is 3. The Kier molecular flexibility index (Phi) is 7.53. The summed E-state index contributed by atoms with van der Waals surface area (Å²) in [5, 5.41) is 3.03. The van der Waals surface area contributed by atoms with E-state index in [4.69, 9.17) is 14.2 Å². The third-order valence-corrected chi connectivity index (χ3v) is 4.19. The summed E-state index contributed by atoms with van der Waals surface area (Å²) in [4.78, 5) is 12.5. The van der Waals surface area contributed by atoms with Crippen molar-refractivity contribution < 1.29 is 19.0 Å². The van der Waals surface area contributed by atoms with E-state index in [0.717, 1.165) is 12.2 Å². The maximum atomic E-state index is 12.5. The molecule has 0 fully saturated rings. The van der Waals surface area contributed by atoms with Crippen molar-refractivity contribution in [1.82, 2.24) is 5.32 Å². The maximum absolute atomic E-state index is 12.5. The molecule has 27 heavy (non-hydrogen) atoms. The molecular formula is C22H29NO4. The van der Waals surface area contributed by atoms with Crippen LogP contribution in [0.15, 0.2) is 48.5 Å². The van der Waals surface area contributed by atoms with Crippen LogP contribution in [0.25, 0.3) is 0 Å². The highest BCUT2D eigenvalue weighted by Crippen LogP contribution is 2.29. The van der Waals surface area contributed by atoms with E-state index in [1.807, 2.05) is 58.0 Å². The summed E-state index contributed by atoms with van der Waals surface area (Å²) in [7, 11) is 0. The molecule has 2 aromatic carbocycles. The molecule has 0 aliphatic rings. The fraction of sp³-hybridized carbons (Fsp3) is 0.409. The van der Waals surface area contributed by atoms with E-state index in [-0.39, 0.29) is 11.4 Å². The minimum atomic E-state index is -0.257. The van der Waals surface area contributed by atoms with Crippen molar-refractivity contribution in [3.05, 3.63) is 54.1 Å². The maximum Gasteiger partial charge on any atom is 0.251 e. The monoisotopic (exact) mass is 371 g/mol. The molecule has 1 N–H and O–H groups in total. The third kappa shape index (κ3) is 6.51. The van der Waals surface area contributed by atoms with Gasteiger partial charge in [0.1, 0.15) is 19.0 Å². The van der Waals surface area contributed by atoms with Crippen LogP contribution in [0.2, 0.25) is 0 Å². The minimum Gasteiger partial charge on any atom is -0.490 e. The summed E-state index contributed by atoms with van der Waals surface area (Å²) < 4.78 is 17.1. The summed E-state index contributed by atoms with van der Waals surface area (Å²) in [5.74, 6) is 1.83. The molecule has 0 heterocycles. The zero-order chi connectivity index (χ0) is 19.7. The summed E-state index contributed by atoms with van der Waals surface area (Å²) in [6.07, 6.45) is 0.847. The second-order valence-electron chi connectivity index (χ2n) is 6.80. The lowest BCUT2D eigenvalue weighted by Crippen LogP contribution is -2.42. The zero-order valence-electron chi connectivity index (χ0n) is 16.6. The molecule has 2 aromatic rings. The molecule has 0 saturated carbocycles. The molecule has 0 atom stereocenters. The Morgan fingerprint density at radius 1 is 0.926 bits per heavy atom. The van der Waals surface area contributed by atoms with Gasteiger partial charge in [-0.2, -0.15) is 0 Å². The van der Waals surface area contributed by atoms with Crippen LogP contribution in [0.5, 0.6) is 17.2 Å². The Hall–Kier alpha value is -2.69. The highest BCUT2D eigenvalue weighted by atomic mass is 16.5. The second kappa shape index (κ2) is 9.86. The predicted molar refractivity (Wildman–Crippen MR) is 107 cm³/mol. The molecule has 0 unspecified atom stereocenters. The second-order valence-corrected chi connectivity index (χ2v) is 6.80. The fourth-order valence-corrected chi connectivity index (χ4v) is 2.33. The van der Waals surface area contributed by atoms with Gasteiger partial charge in [-0.15, -0.1) is 0 Å². The van der Waals surface area contributed by atoms with E-state index in [0.29, 0.717) is 36.9 Å². The van der Waals surface area contributed by atoms with Gasteiger partial charge in [-0.3, -0.25) is 4.79 Å². The van der Waals surface area contributed by atoms with Gasteiger partial charge in [0.05, 0.1) is 6.61 Å². The summed E-state index contributed by atoms with van der Waals surface area (Å²) in [6, 6.07) is 14.8. The molecule has 0 aliphatic carbocycles. The van der Waals surface area contributed by atoms with Crippen LogP contribution in [0.4, 0.5) is 0 Å². The van der Waals surface area contributed by atoms with Crippen LogP contribution in [0.3, 0.4) is 0 Å². The molecule has 0 aromatic heterocycles. The number of nitrogens with one attached hydrogen (secondary N) is 1. The normalized spacial score (nSPS) is 11.0. The molecule has 146 valence electrons. The molecule has 0 saturated heterocycles. The Bertz CT molecular complexity index is 728. The molecule has 0 bridgehead atoms. The number of hydrogen-bond acceptors (Lipinski definition) is 4. The molecule has 1 amide bonds. The van der Waals surface area contributed by atoms with Crippen LogP contribution in [0.1, 0.15) is 44.5 Å². The Morgan fingerprint density at radius 3 is 2.30 bits per heavy atom. The Morgan fingerprint density at radius 2 is 1.63 bits per heavy atom. The molecular weight excluding hydrogens is 342 g/mol. The average Bonchev–Trinajstić information content (AvgIpc) is 2.67. The molecule has 0 radical (unpaired) electrons. The van der Waals surface area contributed by atoms with Gasteiger partial charge in [0, 0.05) is 11.1 Å². The number of carbonyl (C=O) groups excluding carboxylic acids is 1. The summed E-state index contributed by atoms with van der Waals surface area (Å²) in [6.45, 7) is 9.22. The first-order chi connectivity index (χ1) is 12.9. The van der Waals surface area contributed by atoms with Crippen molar-refractivity contribution in [3.63, 3.8) is 0 Å². The van der Waals surface area contributed by atoms with Gasteiger partial charge in [-0.25, -0.2) is 0 Å². The molecule has 0 spiro atoms. The van der Waals surface area contributed by atoms with Crippen molar-refractivity contribution in [2.45, 2.75) is 39.7 Å². The van der Waals surface area contributed by atoms with Crippen LogP contribution in [-0.2, 0) is 0 Å². The highest BCUT2D eigenvalue weighted by molar-refractivity contribution is 5.95. The molecule has 2 rings (SSSR count). The number of rotatable bonds is 10. The first-order valence-corrected chi connectivity index (χ1v) is 9.35. The third-order valence-electron chi connectivity index (χ3n) is 4.19. The Labute approximate surface area is 161 Å². The standard InChI is InChI=1S/C22H29NO4/c1-5-22(3,4)23-21(24)17-12-13-19(20(16-17)25-6-2)27-15-14-26-18-10-8-7-9-11-18/h7-13,16H,5-6,14-15H2,1-4H3,(H,23,24). The number of carbonyl (C=O) groups is 1. The van der Waals surface area contributed by atoms with Crippen molar-refractivity contribution in [1.29, 1.82) is 0 Å². The van der Waals surface area contributed by atoms with Gasteiger partial charge in [-0.1, -0.05) is 25.1 Å². The van der Waals surface area contributed by atoms with Crippen molar-refractivity contribution in [2.24, 2.45) is 0 Å². The predicted octanol–water partition coefficient (Wildman–Crippen LogP) is 4.46. The van der Waals surface area contributed by atoms with E-state index in [1.54, 1.807) is 18.2 Å². The van der Waals surface area contributed by atoms with Gasteiger partial charge in [-0.05, 0) is 57.5 Å². The topological polar surface area (TPSA) is 56.8 Å². The summed E-state index contributed by atoms with van der Waals surface area (Å²) >= 11 is 0. The van der Waals surface area contributed by atoms with Crippen LogP contribution in [-0.4, -0.2) is 31.3 Å². The largest absolute Gasteiger partial charge is 0.490 e. The van der Waals surface area contributed by atoms with E-state index >= 15 is 0 Å². The van der Waals surface area contributed by atoms with E-state index in [9.17, 15) is 4.79 Å². The zero-order valence-corrected chi connectivity index (χ0v) is 16.6. The van der Waals surface area contributed by atoms with Gasteiger partial charge >= 0.3 is 0 Å². The first kappa shape index (κ1) is 20.6. The van der Waals surface area contributed by atoms with Gasteiger partial charge in [0.15, 0.2) is 11.5 Å². The molecule has 5 heteroatoms.